The number of hydrogen-bond acceptors (Lipinski definition) is 3. The first kappa shape index (κ1) is 17.5. The molecule has 0 bridgehead atoms. The number of rotatable bonds is 4. The molecule has 5 nitrogen and oxygen atoms in total. The van der Waals surface area contributed by atoms with Crippen molar-refractivity contribution in [3.8, 4) is 5.75 Å². The third kappa shape index (κ3) is 5.07. The fraction of sp³-hybridized carbons (Fsp3) is 0.125. The highest BCUT2D eigenvalue weighted by Gasteiger charge is 2.11. The quantitative estimate of drug-likeness (QED) is 0.715. The van der Waals surface area contributed by atoms with Crippen LogP contribution >= 0.6 is 31.9 Å². The zero-order valence-corrected chi connectivity index (χ0v) is 15.4. The molecule has 0 heterocycles. The number of ether oxygens (including phenoxy) is 1. The van der Waals surface area contributed by atoms with Gasteiger partial charge in [-0.15, -0.1) is 0 Å². The lowest BCUT2D eigenvalue weighted by Gasteiger charge is -2.12. The lowest BCUT2D eigenvalue weighted by atomic mass is 10.2. The van der Waals surface area contributed by atoms with Gasteiger partial charge >= 0.3 is 0 Å². The molecule has 0 aliphatic carbocycles. The zero-order chi connectivity index (χ0) is 16.8. The number of hydrogen-bond donors (Lipinski definition) is 2. The van der Waals surface area contributed by atoms with Crippen molar-refractivity contribution in [2.24, 2.45) is 0 Å². The molecule has 2 aromatic carbocycles. The fourth-order valence-electron chi connectivity index (χ4n) is 1.83. The zero-order valence-electron chi connectivity index (χ0n) is 12.2. The highest BCUT2D eigenvalue weighted by Crippen LogP contribution is 2.32. The van der Waals surface area contributed by atoms with E-state index in [0.717, 1.165) is 14.5 Å². The normalized spacial score (nSPS) is 10.0. The Bertz CT molecular complexity index is 698. The first-order valence-electron chi connectivity index (χ1n) is 6.70. The van der Waals surface area contributed by atoms with Gasteiger partial charge in [0.1, 0.15) is 5.75 Å². The van der Waals surface area contributed by atoms with Gasteiger partial charge in [-0.1, -0.05) is 34.1 Å². The Kier molecular flexibility index (Phi) is 6.18. The summed E-state index contributed by atoms with van der Waals surface area (Å²) in [6, 6.07) is 12.3. The molecule has 0 unspecified atom stereocenters. The Hall–Kier alpha value is -1.86. The van der Waals surface area contributed by atoms with Gasteiger partial charge in [0.15, 0.2) is 6.61 Å². The summed E-state index contributed by atoms with van der Waals surface area (Å²) in [5.74, 6) is -0.263. The summed E-state index contributed by atoms with van der Waals surface area (Å²) in [6.07, 6.45) is 0. The molecule has 0 fully saturated rings. The molecule has 0 spiro atoms. The van der Waals surface area contributed by atoms with Crippen molar-refractivity contribution in [2.75, 3.05) is 6.61 Å². The second-order valence-corrected chi connectivity index (χ2v) is 6.46. The van der Waals surface area contributed by atoms with Crippen LogP contribution < -0.4 is 15.6 Å². The van der Waals surface area contributed by atoms with E-state index in [1.165, 1.54) is 0 Å². The molecule has 0 atom stereocenters. The summed E-state index contributed by atoms with van der Waals surface area (Å²) in [5, 5.41) is 0. The van der Waals surface area contributed by atoms with E-state index in [4.69, 9.17) is 4.74 Å². The maximum Gasteiger partial charge on any atom is 0.276 e. The Labute approximate surface area is 150 Å². The van der Waals surface area contributed by atoms with E-state index in [1.807, 2.05) is 25.1 Å². The Balaban J connectivity index is 1.85. The molecule has 7 heteroatoms. The van der Waals surface area contributed by atoms with Gasteiger partial charge in [-0.3, -0.25) is 20.4 Å². The molecule has 120 valence electrons. The van der Waals surface area contributed by atoms with Crippen molar-refractivity contribution < 1.29 is 14.3 Å². The largest absolute Gasteiger partial charge is 0.482 e. The smallest absolute Gasteiger partial charge is 0.276 e. The minimum absolute atomic E-state index is 0.212. The summed E-state index contributed by atoms with van der Waals surface area (Å²) >= 11 is 6.76. The number of halogens is 2. The van der Waals surface area contributed by atoms with E-state index in [1.54, 1.807) is 24.3 Å². The maximum absolute atomic E-state index is 11.8. The molecule has 0 radical (unpaired) electrons. The van der Waals surface area contributed by atoms with Gasteiger partial charge in [0.2, 0.25) is 0 Å². The summed E-state index contributed by atoms with van der Waals surface area (Å²) in [5.41, 5.74) is 5.99. The van der Waals surface area contributed by atoms with Gasteiger partial charge in [-0.25, -0.2) is 0 Å². The average molecular weight is 442 g/mol. The fourth-order valence-corrected chi connectivity index (χ4v) is 3.39. The minimum atomic E-state index is -0.455. The monoisotopic (exact) mass is 440 g/mol. The number of benzene rings is 2. The SMILES string of the molecule is Cc1cc(Br)cc(Br)c1OCC(=O)NNC(=O)c1ccccc1. The van der Waals surface area contributed by atoms with Crippen LogP contribution in [-0.4, -0.2) is 18.4 Å². The molecule has 0 aliphatic rings. The molecule has 0 aliphatic heterocycles. The predicted octanol–water partition coefficient (Wildman–Crippen LogP) is 3.36. The van der Waals surface area contributed by atoms with Crippen molar-refractivity contribution in [3.05, 3.63) is 62.5 Å². The van der Waals surface area contributed by atoms with Gasteiger partial charge in [-0.2, -0.15) is 0 Å². The molecule has 2 N–H and O–H groups in total. The third-order valence-corrected chi connectivity index (χ3v) is 3.94. The molecular formula is C16H14Br2N2O3. The van der Waals surface area contributed by atoms with Crippen LogP contribution in [0.2, 0.25) is 0 Å². The summed E-state index contributed by atoms with van der Waals surface area (Å²) in [6.45, 7) is 1.66. The molecule has 0 saturated heterocycles. The minimum Gasteiger partial charge on any atom is -0.482 e. The summed E-state index contributed by atoms with van der Waals surface area (Å²) < 4.78 is 7.14. The summed E-state index contributed by atoms with van der Waals surface area (Å²) in [4.78, 5) is 23.6. The van der Waals surface area contributed by atoms with E-state index in [0.29, 0.717) is 11.3 Å². The van der Waals surface area contributed by atoms with Gasteiger partial charge in [0, 0.05) is 10.0 Å². The van der Waals surface area contributed by atoms with E-state index < -0.39 is 5.91 Å². The maximum atomic E-state index is 11.8. The Morgan fingerprint density at radius 3 is 2.43 bits per heavy atom. The molecular weight excluding hydrogens is 428 g/mol. The predicted molar refractivity (Wildman–Crippen MR) is 94.1 cm³/mol. The van der Waals surface area contributed by atoms with E-state index in [-0.39, 0.29) is 12.5 Å². The van der Waals surface area contributed by atoms with Gasteiger partial charge in [-0.05, 0) is 52.7 Å². The van der Waals surface area contributed by atoms with Crippen LogP contribution in [0.4, 0.5) is 0 Å². The van der Waals surface area contributed by atoms with E-state index in [9.17, 15) is 9.59 Å². The number of carbonyl (C=O) groups excluding carboxylic acids is 2. The molecule has 0 saturated carbocycles. The van der Waals surface area contributed by atoms with Crippen LogP contribution in [0.15, 0.2) is 51.4 Å². The van der Waals surface area contributed by atoms with Gasteiger partial charge in [0.25, 0.3) is 11.8 Å². The van der Waals surface area contributed by atoms with Crippen molar-refractivity contribution >= 4 is 43.7 Å². The van der Waals surface area contributed by atoms with Crippen molar-refractivity contribution in [1.29, 1.82) is 0 Å². The molecule has 2 aromatic rings. The third-order valence-electron chi connectivity index (χ3n) is 2.89. The van der Waals surface area contributed by atoms with Crippen molar-refractivity contribution in [2.45, 2.75) is 6.92 Å². The van der Waals surface area contributed by atoms with Gasteiger partial charge in [0.05, 0.1) is 4.47 Å². The summed E-state index contributed by atoms with van der Waals surface area (Å²) in [7, 11) is 0. The van der Waals surface area contributed by atoms with Crippen molar-refractivity contribution in [3.63, 3.8) is 0 Å². The highest BCUT2D eigenvalue weighted by molar-refractivity contribution is 9.11. The topological polar surface area (TPSA) is 67.4 Å². The molecule has 2 amide bonds. The second kappa shape index (κ2) is 8.12. The first-order chi connectivity index (χ1) is 11.0. The van der Waals surface area contributed by atoms with Crippen molar-refractivity contribution in [1.82, 2.24) is 10.9 Å². The van der Waals surface area contributed by atoms with Crippen LogP contribution in [0.3, 0.4) is 0 Å². The number of amides is 2. The second-order valence-electron chi connectivity index (χ2n) is 4.69. The van der Waals surface area contributed by atoms with Crippen LogP contribution in [0.1, 0.15) is 15.9 Å². The lowest BCUT2D eigenvalue weighted by Crippen LogP contribution is -2.43. The number of nitrogens with one attached hydrogen (secondary N) is 2. The first-order valence-corrected chi connectivity index (χ1v) is 8.28. The van der Waals surface area contributed by atoms with Crippen LogP contribution in [0.25, 0.3) is 0 Å². The molecule has 0 aromatic heterocycles. The number of hydrazine groups is 1. The molecule has 2 rings (SSSR count). The van der Waals surface area contributed by atoms with Crippen LogP contribution in [0.5, 0.6) is 5.75 Å². The van der Waals surface area contributed by atoms with Gasteiger partial charge < -0.3 is 4.74 Å². The molecule has 23 heavy (non-hydrogen) atoms. The Morgan fingerprint density at radius 2 is 1.78 bits per heavy atom. The average Bonchev–Trinajstić information content (AvgIpc) is 2.52. The lowest BCUT2D eigenvalue weighted by molar-refractivity contribution is -0.123. The number of carbonyl (C=O) groups is 2. The van der Waals surface area contributed by atoms with Crippen LogP contribution in [-0.2, 0) is 4.79 Å². The van der Waals surface area contributed by atoms with Crippen LogP contribution in [0, 0.1) is 6.92 Å². The Morgan fingerprint density at radius 1 is 1.09 bits per heavy atom. The van der Waals surface area contributed by atoms with E-state index >= 15 is 0 Å². The number of aryl methyl sites for hydroxylation is 1. The highest BCUT2D eigenvalue weighted by atomic mass is 79.9. The van der Waals surface area contributed by atoms with E-state index in [2.05, 4.69) is 42.7 Å². The standard InChI is InChI=1S/C16H14Br2N2O3/c1-10-7-12(17)8-13(18)15(10)23-9-14(21)19-20-16(22)11-5-3-2-4-6-11/h2-8H,9H2,1H3,(H,19,21)(H,20,22).